The summed E-state index contributed by atoms with van der Waals surface area (Å²) in [5.74, 6) is 1.17. The van der Waals surface area contributed by atoms with Crippen LogP contribution in [0, 0.1) is 0 Å². The van der Waals surface area contributed by atoms with Crippen LogP contribution in [0.5, 0.6) is 0 Å². The zero-order valence-electron chi connectivity index (χ0n) is 9.38. The summed E-state index contributed by atoms with van der Waals surface area (Å²) in [6.07, 6.45) is 7.64. The molecule has 0 aromatic rings. The fraction of sp³-hybridized carbons (Fsp3) is 1.00. The van der Waals surface area contributed by atoms with Crippen molar-refractivity contribution >= 4 is 6.88 Å². The molecule has 2 aliphatic rings. The summed E-state index contributed by atoms with van der Waals surface area (Å²) >= 11 is 0. The second-order valence-corrected chi connectivity index (χ2v) is 4.08. The van der Waals surface area contributed by atoms with Crippen LogP contribution in [0.25, 0.3) is 0 Å². The van der Waals surface area contributed by atoms with Crippen LogP contribution >= 0.6 is 0 Å². The minimum Gasteiger partial charge on any atom is -0.595 e. The molecule has 0 atom stereocenters. The first-order chi connectivity index (χ1) is 5.77. The molecule has 2 bridgehead atoms. The molecule has 0 saturated carbocycles. The molecule has 0 aromatic heterocycles. The molecular formula is C9H18BLiO. The van der Waals surface area contributed by atoms with Crippen LogP contribution in [0.1, 0.15) is 38.5 Å². The van der Waals surface area contributed by atoms with E-state index >= 15 is 0 Å². The fourth-order valence-electron chi connectivity index (χ4n) is 3.00. The summed E-state index contributed by atoms with van der Waals surface area (Å²) < 4.78 is 13.8. The van der Waals surface area contributed by atoms with Gasteiger partial charge in [-0.15, -0.1) is 11.6 Å². The summed E-state index contributed by atoms with van der Waals surface area (Å²) in [7, 11) is 1.74. The Bertz CT molecular complexity index is 157. The van der Waals surface area contributed by atoms with Gasteiger partial charge in [0.2, 0.25) is 0 Å². The average Bonchev–Trinajstić information content (AvgIpc) is 2.03. The molecular weight excluding hydrogens is 142 g/mol. The van der Waals surface area contributed by atoms with Gasteiger partial charge in [0.25, 0.3) is 0 Å². The second kappa shape index (κ2) is 4.75. The molecule has 0 unspecified atom stereocenters. The van der Waals surface area contributed by atoms with Crippen LogP contribution in [-0.4, -0.2) is 15.3 Å². The van der Waals surface area contributed by atoms with E-state index in [1.165, 1.54) is 38.5 Å². The topological polar surface area (TPSA) is 9.23 Å². The maximum atomic E-state index is 8.32. The van der Waals surface area contributed by atoms with E-state index in [0.29, 0.717) is 11.6 Å². The minimum atomic E-state index is -1.19. The number of fused-ring (bicyclic) bond motifs is 2. The molecule has 2 saturated heterocycles. The molecule has 0 aromatic carbocycles. The standard InChI is InChI=1S/C9H18BO.Li/c1-11-10-8-4-2-5-9(10)7-3-6-8;/h8-10H,2-7H2,1H3;/q-1;+1/i10T;. The Morgan fingerprint density at radius 3 is 1.83 bits per heavy atom. The summed E-state index contributed by atoms with van der Waals surface area (Å²) in [5, 5.41) is 0. The van der Waals surface area contributed by atoms with Crippen molar-refractivity contribution in [3.8, 4) is 0 Å². The van der Waals surface area contributed by atoms with E-state index < -0.39 is 6.88 Å². The zero-order chi connectivity index (χ0) is 8.60. The van der Waals surface area contributed by atoms with Gasteiger partial charge < -0.3 is 4.65 Å². The van der Waals surface area contributed by atoms with Gasteiger partial charge in [0.15, 0.2) is 0 Å². The van der Waals surface area contributed by atoms with Crippen LogP contribution in [0.3, 0.4) is 0 Å². The molecule has 0 radical (unpaired) electrons. The first kappa shape index (κ1) is 9.19. The predicted octanol–water partition coefficient (Wildman–Crippen LogP) is -0.531. The molecule has 2 fully saturated rings. The SMILES string of the molecule is [3H][B-]1(OC)C2CCCC1CCC2.[Li+]. The second-order valence-electron chi connectivity index (χ2n) is 4.08. The number of hydrogen-bond donors (Lipinski definition) is 0. The largest absolute Gasteiger partial charge is 1.00 e. The first-order valence-corrected chi connectivity index (χ1v) is 4.94. The van der Waals surface area contributed by atoms with E-state index in [9.17, 15) is 0 Å². The van der Waals surface area contributed by atoms with Crippen molar-refractivity contribution in [3.63, 3.8) is 0 Å². The molecule has 0 amide bonds. The third-order valence-corrected chi connectivity index (χ3v) is 3.50. The molecule has 0 N–H and O–H groups in total. The third kappa shape index (κ3) is 1.92. The Morgan fingerprint density at radius 2 is 1.58 bits per heavy atom. The van der Waals surface area contributed by atoms with E-state index in [0.717, 1.165) is 0 Å². The molecule has 1 nitrogen and oxygen atoms in total. The average molecular weight is 162 g/mol. The molecule has 12 heavy (non-hydrogen) atoms. The Hall–Kier alpha value is 0.622. The van der Waals surface area contributed by atoms with Gasteiger partial charge in [-0.1, -0.05) is 38.5 Å². The summed E-state index contributed by atoms with van der Waals surface area (Å²) in [6.45, 7) is -1.19. The van der Waals surface area contributed by atoms with Gasteiger partial charge in [-0.2, -0.15) is 1.34 Å². The normalized spacial score (nSPS) is 47.6. The van der Waals surface area contributed by atoms with E-state index in [-0.39, 0.29) is 18.9 Å². The van der Waals surface area contributed by atoms with Gasteiger partial charge in [0.05, 0.1) is 0 Å². The van der Waals surface area contributed by atoms with Crippen LogP contribution in [0.2, 0.25) is 11.6 Å². The van der Waals surface area contributed by atoms with Crippen LogP contribution in [-0.2, 0) is 4.65 Å². The van der Waals surface area contributed by atoms with Gasteiger partial charge in [-0.05, 0) is 7.11 Å². The molecule has 2 aliphatic heterocycles. The third-order valence-electron chi connectivity index (χ3n) is 3.50. The van der Waals surface area contributed by atoms with Gasteiger partial charge in [-0.25, -0.2) is 0 Å². The molecule has 0 aliphatic carbocycles. The Labute approximate surface area is 89.3 Å². The minimum absolute atomic E-state index is 0. The summed E-state index contributed by atoms with van der Waals surface area (Å²) in [5.41, 5.74) is 0. The summed E-state index contributed by atoms with van der Waals surface area (Å²) in [4.78, 5) is 0. The van der Waals surface area contributed by atoms with Gasteiger partial charge >= 0.3 is 18.9 Å². The van der Waals surface area contributed by atoms with Crippen molar-refractivity contribution in [1.29, 1.82) is 1.34 Å². The van der Waals surface area contributed by atoms with E-state index in [1.807, 2.05) is 0 Å². The van der Waals surface area contributed by atoms with Crippen molar-refractivity contribution in [2.24, 2.45) is 0 Å². The van der Waals surface area contributed by atoms with Crippen molar-refractivity contribution in [1.82, 2.24) is 0 Å². The maximum Gasteiger partial charge on any atom is 1.00 e. The maximum absolute atomic E-state index is 8.32. The predicted molar refractivity (Wildman–Crippen MR) is 49.4 cm³/mol. The molecule has 3 heteroatoms. The van der Waals surface area contributed by atoms with Crippen molar-refractivity contribution < 1.29 is 23.5 Å². The van der Waals surface area contributed by atoms with Gasteiger partial charge in [0.1, 0.15) is 6.88 Å². The van der Waals surface area contributed by atoms with Crippen LogP contribution in [0.15, 0.2) is 0 Å². The van der Waals surface area contributed by atoms with Crippen molar-refractivity contribution in [2.75, 3.05) is 7.11 Å². The van der Waals surface area contributed by atoms with Crippen LogP contribution in [0.4, 0.5) is 0 Å². The van der Waals surface area contributed by atoms with Crippen molar-refractivity contribution in [2.45, 2.75) is 50.2 Å². The quantitative estimate of drug-likeness (QED) is 0.471. The summed E-state index contributed by atoms with van der Waals surface area (Å²) in [6, 6.07) is 0. The Morgan fingerprint density at radius 1 is 1.17 bits per heavy atom. The van der Waals surface area contributed by atoms with E-state index in [4.69, 9.17) is 5.99 Å². The monoisotopic (exact) mass is 162 g/mol. The smallest absolute Gasteiger partial charge is 0.595 e. The Balaban J connectivity index is 0.000000845. The number of hydrogen-bond acceptors (Lipinski definition) is 1. The molecule has 2 rings (SSSR count). The first-order valence-electron chi connectivity index (χ1n) is 5.52. The van der Waals surface area contributed by atoms with Gasteiger partial charge in [0, 0.05) is 0 Å². The zero-order valence-corrected chi connectivity index (χ0v) is 8.38. The fourth-order valence-corrected chi connectivity index (χ4v) is 3.00. The van der Waals surface area contributed by atoms with E-state index in [1.54, 1.807) is 7.11 Å². The molecule has 0 spiro atoms. The Kier molecular flexibility index (Phi) is 3.63. The van der Waals surface area contributed by atoms with Crippen molar-refractivity contribution in [3.05, 3.63) is 0 Å². The number of rotatable bonds is 1. The molecule has 64 valence electrons. The van der Waals surface area contributed by atoms with Crippen LogP contribution < -0.4 is 18.9 Å². The molecule has 2 heterocycles. The van der Waals surface area contributed by atoms with E-state index in [2.05, 4.69) is 0 Å². The van der Waals surface area contributed by atoms with Gasteiger partial charge in [-0.3, -0.25) is 0 Å².